The topological polar surface area (TPSA) is 46.2 Å². The molecule has 92 valence electrons. The zero-order chi connectivity index (χ0) is 12.0. The number of halogens is 1. The van der Waals surface area contributed by atoms with E-state index in [9.17, 15) is 8.42 Å². The fraction of sp³-hybridized carbons (Fsp3) is 0.600. The molecule has 0 saturated heterocycles. The van der Waals surface area contributed by atoms with Gasteiger partial charge in [0.15, 0.2) is 0 Å². The summed E-state index contributed by atoms with van der Waals surface area (Å²) >= 11 is 4.64. The Hall–Kier alpha value is 0.0900. The first-order valence-corrected chi connectivity index (χ1v) is 8.64. The lowest BCUT2D eigenvalue weighted by Gasteiger charge is -2.07. The fourth-order valence-corrected chi connectivity index (χ4v) is 3.66. The lowest BCUT2D eigenvalue weighted by molar-refractivity contribution is 0.547. The van der Waals surface area contributed by atoms with Gasteiger partial charge in [0.1, 0.15) is 4.21 Å². The first-order chi connectivity index (χ1) is 7.56. The van der Waals surface area contributed by atoms with Crippen LogP contribution in [-0.2, 0) is 10.0 Å². The molecule has 1 unspecified atom stereocenters. The van der Waals surface area contributed by atoms with Crippen molar-refractivity contribution in [2.24, 2.45) is 5.92 Å². The lowest BCUT2D eigenvalue weighted by Crippen LogP contribution is -2.24. The van der Waals surface area contributed by atoms with Crippen molar-refractivity contribution in [2.45, 2.75) is 24.0 Å². The van der Waals surface area contributed by atoms with Gasteiger partial charge in [0.25, 0.3) is 0 Å². The maximum absolute atomic E-state index is 11.7. The molecule has 0 fully saturated rings. The molecule has 1 atom stereocenters. The Balaban J connectivity index is 2.33. The molecule has 3 nitrogen and oxygen atoms in total. The highest BCUT2D eigenvalue weighted by Gasteiger charge is 2.13. The van der Waals surface area contributed by atoms with Crippen LogP contribution < -0.4 is 4.72 Å². The van der Waals surface area contributed by atoms with Gasteiger partial charge in [-0.2, -0.15) is 0 Å². The molecule has 1 rings (SSSR count). The van der Waals surface area contributed by atoms with Crippen molar-refractivity contribution in [1.29, 1.82) is 0 Å². The molecule has 1 heterocycles. The number of sulfonamides is 1. The minimum atomic E-state index is -3.26. The van der Waals surface area contributed by atoms with Crippen LogP contribution in [0.4, 0.5) is 0 Å². The third-order valence-electron chi connectivity index (χ3n) is 2.19. The molecule has 0 amide bonds. The van der Waals surface area contributed by atoms with Gasteiger partial charge in [-0.05, 0) is 30.2 Å². The van der Waals surface area contributed by atoms with Gasteiger partial charge in [-0.3, -0.25) is 0 Å². The average molecular weight is 326 g/mol. The Morgan fingerprint density at radius 2 is 2.31 bits per heavy atom. The third kappa shape index (κ3) is 4.53. The highest BCUT2D eigenvalue weighted by Crippen LogP contribution is 2.15. The fourth-order valence-electron chi connectivity index (χ4n) is 1.22. The Labute approximate surface area is 109 Å². The number of hydrogen-bond acceptors (Lipinski definition) is 3. The van der Waals surface area contributed by atoms with Gasteiger partial charge < -0.3 is 0 Å². The Kier molecular flexibility index (Phi) is 5.96. The first-order valence-electron chi connectivity index (χ1n) is 5.15. The number of alkyl halides is 1. The summed E-state index contributed by atoms with van der Waals surface area (Å²) in [4.78, 5) is 0. The molecule has 0 radical (unpaired) electrons. The molecule has 0 aliphatic rings. The van der Waals surface area contributed by atoms with E-state index in [0.29, 0.717) is 16.7 Å². The van der Waals surface area contributed by atoms with E-state index in [0.717, 1.165) is 18.2 Å². The molecule has 0 aliphatic carbocycles. The van der Waals surface area contributed by atoms with E-state index in [2.05, 4.69) is 27.6 Å². The van der Waals surface area contributed by atoms with Crippen LogP contribution in [-0.4, -0.2) is 20.3 Å². The third-order valence-corrected chi connectivity index (χ3v) is 6.15. The van der Waals surface area contributed by atoms with Gasteiger partial charge in [0, 0.05) is 11.9 Å². The van der Waals surface area contributed by atoms with E-state index in [1.54, 1.807) is 17.5 Å². The second-order valence-electron chi connectivity index (χ2n) is 3.73. The molecule has 0 aromatic carbocycles. The Morgan fingerprint density at radius 3 is 2.88 bits per heavy atom. The van der Waals surface area contributed by atoms with Crippen molar-refractivity contribution in [2.75, 3.05) is 11.9 Å². The number of thiophene rings is 1. The summed E-state index contributed by atoms with van der Waals surface area (Å²) in [5, 5.41) is 2.73. The van der Waals surface area contributed by atoms with Gasteiger partial charge in [0.2, 0.25) is 10.0 Å². The van der Waals surface area contributed by atoms with E-state index in [1.807, 2.05) is 0 Å². The summed E-state index contributed by atoms with van der Waals surface area (Å²) in [5.74, 6) is 0.589. The number of rotatable bonds is 7. The molecule has 1 aromatic heterocycles. The maximum atomic E-state index is 11.7. The normalized spacial score (nSPS) is 13.9. The number of nitrogens with one attached hydrogen (secondary N) is 1. The average Bonchev–Trinajstić information content (AvgIpc) is 2.78. The zero-order valence-corrected chi connectivity index (χ0v) is 12.4. The van der Waals surface area contributed by atoms with Crippen molar-refractivity contribution < 1.29 is 8.42 Å². The summed E-state index contributed by atoms with van der Waals surface area (Å²) in [6.45, 7) is 2.65. The van der Waals surface area contributed by atoms with Gasteiger partial charge in [0.05, 0.1) is 0 Å². The van der Waals surface area contributed by atoms with Gasteiger partial charge in [-0.1, -0.05) is 28.9 Å². The van der Waals surface area contributed by atoms with Crippen LogP contribution in [0, 0.1) is 5.92 Å². The van der Waals surface area contributed by atoms with Crippen LogP contribution in [0.5, 0.6) is 0 Å². The smallest absolute Gasteiger partial charge is 0.210 e. The van der Waals surface area contributed by atoms with Crippen molar-refractivity contribution in [3.05, 3.63) is 17.5 Å². The molecule has 6 heteroatoms. The minimum Gasteiger partial charge on any atom is -0.210 e. The molecule has 1 aromatic rings. The molecular weight excluding hydrogens is 310 g/mol. The van der Waals surface area contributed by atoms with E-state index >= 15 is 0 Å². The minimum absolute atomic E-state index is 0.390. The van der Waals surface area contributed by atoms with Crippen LogP contribution >= 0.6 is 27.3 Å². The summed E-state index contributed by atoms with van der Waals surface area (Å²) < 4.78 is 26.4. The Morgan fingerprint density at radius 1 is 1.56 bits per heavy atom. The van der Waals surface area contributed by atoms with Gasteiger partial charge in [-0.25, -0.2) is 13.1 Å². The zero-order valence-electron chi connectivity index (χ0n) is 9.15. The van der Waals surface area contributed by atoms with E-state index in [1.165, 1.54) is 11.3 Å². The van der Waals surface area contributed by atoms with Gasteiger partial charge in [-0.15, -0.1) is 11.3 Å². The molecule has 0 bridgehead atoms. The molecular formula is C10H16BrNO2S2. The summed E-state index contributed by atoms with van der Waals surface area (Å²) in [6.07, 6.45) is 1.90. The SMILES string of the molecule is CC(CBr)CCCNS(=O)(=O)c1cccs1. The Bertz CT molecular complexity index is 389. The summed E-state index contributed by atoms with van der Waals surface area (Å²) in [6, 6.07) is 3.36. The highest BCUT2D eigenvalue weighted by atomic mass is 79.9. The van der Waals surface area contributed by atoms with Crippen LogP contribution in [0.3, 0.4) is 0 Å². The predicted molar refractivity (Wildman–Crippen MR) is 71.7 cm³/mol. The quantitative estimate of drug-likeness (QED) is 0.619. The van der Waals surface area contributed by atoms with Crippen molar-refractivity contribution >= 4 is 37.3 Å². The first kappa shape index (κ1) is 14.2. The van der Waals surface area contributed by atoms with Crippen LogP contribution in [0.2, 0.25) is 0 Å². The molecule has 16 heavy (non-hydrogen) atoms. The van der Waals surface area contributed by atoms with E-state index in [-0.39, 0.29) is 0 Å². The van der Waals surface area contributed by atoms with Gasteiger partial charge >= 0.3 is 0 Å². The molecule has 0 spiro atoms. The van der Waals surface area contributed by atoms with Crippen LogP contribution in [0.15, 0.2) is 21.7 Å². The lowest BCUT2D eigenvalue weighted by atomic mass is 10.1. The predicted octanol–water partition coefficient (Wildman–Crippen LogP) is 2.84. The second kappa shape index (κ2) is 6.74. The van der Waals surface area contributed by atoms with Crippen molar-refractivity contribution in [3.8, 4) is 0 Å². The number of hydrogen-bond donors (Lipinski definition) is 1. The standard InChI is InChI=1S/C10H16BrNO2S2/c1-9(8-11)4-2-6-12-16(13,14)10-5-3-7-15-10/h3,5,7,9,12H,2,4,6,8H2,1H3. The van der Waals surface area contributed by atoms with E-state index < -0.39 is 10.0 Å². The summed E-state index contributed by atoms with van der Waals surface area (Å²) in [5.41, 5.74) is 0. The van der Waals surface area contributed by atoms with Crippen molar-refractivity contribution in [3.63, 3.8) is 0 Å². The second-order valence-corrected chi connectivity index (χ2v) is 7.32. The monoisotopic (exact) mass is 325 g/mol. The largest absolute Gasteiger partial charge is 0.250 e. The van der Waals surface area contributed by atoms with Crippen LogP contribution in [0.1, 0.15) is 19.8 Å². The highest BCUT2D eigenvalue weighted by molar-refractivity contribution is 9.09. The van der Waals surface area contributed by atoms with E-state index in [4.69, 9.17) is 0 Å². The van der Waals surface area contributed by atoms with Crippen LogP contribution in [0.25, 0.3) is 0 Å². The maximum Gasteiger partial charge on any atom is 0.250 e. The summed E-state index contributed by atoms with van der Waals surface area (Å²) in [7, 11) is -3.26. The molecule has 0 saturated carbocycles. The van der Waals surface area contributed by atoms with Crippen molar-refractivity contribution in [1.82, 2.24) is 4.72 Å². The molecule has 1 N–H and O–H groups in total. The molecule has 0 aliphatic heterocycles.